The minimum atomic E-state index is -0.142. The van der Waals surface area contributed by atoms with Crippen LogP contribution < -0.4 is 10.6 Å². The van der Waals surface area contributed by atoms with Gasteiger partial charge in [0.2, 0.25) is 5.95 Å². The zero-order valence-electron chi connectivity index (χ0n) is 12.7. The second-order valence-corrected chi connectivity index (χ2v) is 5.05. The van der Waals surface area contributed by atoms with Crippen molar-refractivity contribution in [3.8, 4) is 0 Å². The Balaban J connectivity index is 1.79. The highest BCUT2D eigenvalue weighted by Crippen LogP contribution is 2.23. The highest BCUT2D eigenvalue weighted by molar-refractivity contribution is 6.04. The molecule has 2 aromatic carbocycles. The van der Waals surface area contributed by atoms with Crippen LogP contribution in [0, 0.1) is 6.92 Å². The van der Waals surface area contributed by atoms with Gasteiger partial charge in [-0.25, -0.2) is 9.97 Å². The Bertz CT molecular complexity index is 804. The second kappa shape index (κ2) is 6.70. The summed E-state index contributed by atoms with van der Waals surface area (Å²) in [7, 11) is 0. The summed E-state index contributed by atoms with van der Waals surface area (Å²) in [5, 5.41) is 6.04. The summed E-state index contributed by atoms with van der Waals surface area (Å²) >= 11 is 0. The van der Waals surface area contributed by atoms with Gasteiger partial charge in [0, 0.05) is 29.3 Å². The number of nitrogens with zero attached hydrogens (tertiary/aromatic N) is 2. The number of nitrogens with one attached hydrogen (secondary N) is 2. The van der Waals surface area contributed by atoms with Crippen LogP contribution in [0.15, 0.2) is 67.0 Å². The van der Waals surface area contributed by atoms with Crippen molar-refractivity contribution < 1.29 is 4.79 Å². The molecule has 1 amide bonds. The predicted octanol–water partition coefficient (Wildman–Crippen LogP) is 3.78. The highest BCUT2D eigenvalue weighted by Gasteiger charge is 2.07. The number of aromatic nitrogens is 2. The van der Waals surface area contributed by atoms with Crippen molar-refractivity contribution in [2.24, 2.45) is 0 Å². The lowest BCUT2D eigenvalue weighted by atomic mass is 10.1. The highest BCUT2D eigenvalue weighted by atomic mass is 16.1. The topological polar surface area (TPSA) is 66.9 Å². The fourth-order valence-corrected chi connectivity index (χ4v) is 2.11. The molecule has 3 rings (SSSR count). The van der Waals surface area contributed by atoms with Gasteiger partial charge < -0.3 is 10.6 Å². The summed E-state index contributed by atoms with van der Waals surface area (Å²) < 4.78 is 0. The first-order chi connectivity index (χ1) is 11.2. The largest absolute Gasteiger partial charge is 0.324 e. The van der Waals surface area contributed by atoms with E-state index in [4.69, 9.17) is 0 Å². The van der Waals surface area contributed by atoms with E-state index in [-0.39, 0.29) is 5.91 Å². The van der Waals surface area contributed by atoms with Gasteiger partial charge in [-0.1, -0.05) is 24.3 Å². The summed E-state index contributed by atoms with van der Waals surface area (Å²) in [5.74, 6) is 0.374. The standard InChI is InChI=1S/C18H16N4O/c1-13-8-9-15(21-17(23)14-6-3-2-4-7-14)12-16(13)22-18-19-10-5-11-20-18/h2-12H,1H3,(H,21,23)(H,19,20,22). The maximum Gasteiger partial charge on any atom is 0.255 e. The van der Waals surface area contributed by atoms with Crippen LogP contribution in [0.2, 0.25) is 0 Å². The van der Waals surface area contributed by atoms with Crippen LogP contribution in [0.4, 0.5) is 17.3 Å². The Morgan fingerprint density at radius 2 is 1.70 bits per heavy atom. The SMILES string of the molecule is Cc1ccc(NC(=O)c2ccccc2)cc1Nc1ncccn1. The molecule has 114 valence electrons. The first-order valence-electron chi connectivity index (χ1n) is 7.23. The molecule has 23 heavy (non-hydrogen) atoms. The van der Waals surface area contributed by atoms with Crippen molar-refractivity contribution in [1.82, 2.24) is 9.97 Å². The molecular weight excluding hydrogens is 288 g/mol. The van der Waals surface area contributed by atoms with Gasteiger partial charge in [0.25, 0.3) is 5.91 Å². The fraction of sp³-hybridized carbons (Fsp3) is 0.0556. The number of hydrogen-bond acceptors (Lipinski definition) is 4. The fourth-order valence-electron chi connectivity index (χ4n) is 2.11. The van der Waals surface area contributed by atoms with E-state index in [1.807, 2.05) is 43.3 Å². The summed E-state index contributed by atoms with van der Waals surface area (Å²) in [5.41, 5.74) is 3.22. The molecule has 3 aromatic rings. The van der Waals surface area contributed by atoms with Gasteiger partial charge >= 0.3 is 0 Å². The van der Waals surface area contributed by atoms with Gasteiger partial charge in [-0.15, -0.1) is 0 Å². The summed E-state index contributed by atoms with van der Waals surface area (Å²) in [6, 6.07) is 16.5. The van der Waals surface area contributed by atoms with Gasteiger partial charge in [-0.3, -0.25) is 4.79 Å². The second-order valence-electron chi connectivity index (χ2n) is 5.05. The van der Waals surface area contributed by atoms with Crippen molar-refractivity contribution in [1.29, 1.82) is 0 Å². The van der Waals surface area contributed by atoms with E-state index in [2.05, 4.69) is 20.6 Å². The third-order valence-corrected chi connectivity index (χ3v) is 3.34. The number of carbonyl (C=O) groups excluding carboxylic acids is 1. The zero-order valence-corrected chi connectivity index (χ0v) is 12.7. The molecular formula is C18H16N4O. The van der Waals surface area contributed by atoms with Crippen LogP contribution in [-0.2, 0) is 0 Å². The minimum Gasteiger partial charge on any atom is -0.324 e. The third kappa shape index (κ3) is 3.71. The predicted molar refractivity (Wildman–Crippen MR) is 90.9 cm³/mol. The molecule has 5 nitrogen and oxygen atoms in total. The number of amides is 1. The molecule has 0 bridgehead atoms. The molecule has 0 aliphatic carbocycles. The number of anilines is 3. The molecule has 1 heterocycles. The van der Waals surface area contributed by atoms with Gasteiger partial charge in [0.1, 0.15) is 0 Å². The summed E-state index contributed by atoms with van der Waals surface area (Å²) in [4.78, 5) is 20.5. The van der Waals surface area contributed by atoms with E-state index in [1.165, 1.54) is 0 Å². The molecule has 0 spiro atoms. The van der Waals surface area contributed by atoms with Gasteiger partial charge in [0.05, 0.1) is 0 Å². The number of hydrogen-bond donors (Lipinski definition) is 2. The van der Waals surface area contributed by atoms with Gasteiger partial charge in [-0.05, 0) is 42.8 Å². The number of carbonyl (C=O) groups is 1. The third-order valence-electron chi connectivity index (χ3n) is 3.34. The molecule has 2 N–H and O–H groups in total. The van der Waals surface area contributed by atoms with Crippen LogP contribution in [0.5, 0.6) is 0 Å². The first-order valence-corrected chi connectivity index (χ1v) is 7.23. The first kappa shape index (κ1) is 14.7. The van der Waals surface area contributed by atoms with Crippen molar-refractivity contribution in [3.63, 3.8) is 0 Å². The molecule has 0 saturated heterocycles. The summed E-state index contributed by atoms with van der Waals surface area (Å²) in [6.45, 7) is 1.98. The van der Waals surface area contributed by atoms with E-state index in [0.29, 0.717) is 17.2 Å². The molecule has 5 heteroatoms. The number of rotatable bonds is 4. The van der Waals surface area contributed by atoms with Crippen molar-refractivity contribution in [2.45, 2.75) is 6.92 Å². The lowest BCUT2D eigenvalue weighted by Gasteiger charge is -2.11. The van der Waals surface area contributed by atoms with E-state index >= 15 is 0 Å². The van der Waals surface area contributed by atoms with E-state index in [9.17, 15) is 4.79 Å². The lowest BCUT2D eigenvalue weighted by molar-refractivity contribution is 0.102. The Hall–Kier alpha value is -3.21. The van der Waals surface area contributed by atoms with Crippen LogP contribution >= 0.6 is 0 Å². The summed E-state index contributed by atoms with van der Waals surface area (Å²) in [6.07, 6.45) is 3.34. The maximum atomic E-state index is 12.2. The molecule has 0 aliphatic heterocycles. The number of aryl methyl sites for hydroxylation is 1. The van der Waals surface area contributed by atoms with Crippen LogP contribution in [0.25, 0.3) is 0 Å². The monoisotopic (exact) mass is 304 g/mol. The Morgan fingerprint density at radius 3 is 2.43 bits per heavy atom. The minimum absolute atomic E-state index is 0.142. The molecule has 1 aromatic heterocycles. The molecule has 0 aliphatic rings. The van der Waals surface area contributed by atoms with E-state index in [0.717, 1.165) is 11.3 Å². The molecule has 0 radical (unpaired) electrons. The number of benzene rings is 2. The smallest absolute Gasteiger partial charge is 0.255 e. The van der Waals surface area contributed by atoms with E-state index in [1.54, 1.807) is 30.6 Å². The van der Waals surface area contributed by atoms with Crippen LogP contribution in [-0.4, -0.2) is 15.9 Å². The van der Waals surface area contributed by atoms with Crippen LogP contribution in [0.1, 0.15) is 15.9 Å². The molecule has 0 fully saturated rings. The van der Waals surface area contributed by atoms with E-state index < -0.39 is 0 Å². The lowest BCUT2D eigenvalue weighted by Crippen LogP contribution is -2.12. The Kier molecular flexibility index (Phi) is 4.29. The Labute approximate surface area is 134 Å². The van der Waals surface area contributed by atoms with Crippen molar-refractivity contribution in [3.05, 3.63) is 78.1 Å². The normalized spacial score (nSPS) is 10.1. The van der Waals surface area contributed by atoms with Crippen molar-refractivity contribution in [2.75, 3.05) is 10.6 Å². The average molecular weight is 304 g/mol. The van der Waals surface area contributed by atoms with Crippen LogP contribution in [0.3, 0.4) is 0 Å². The Morgan fingerprint density at radius 1 is 0.957 bits per heavy atom. The molecule has 0 atom stereocenters. The van der Waals surface area contributed by atoms with Gasteiger partial charge in [-0.2, -0.15) is 0 Å². The molecule has 0 unspecified atom stereocenters. The zero-order chi connectivity index (χ0) is 16.1. The maximum absolute atomic E-state index is 12.2. The van der Waals surface area contributed by atoms with Crippen molar-refractivity contribution >= 4 is 23.2 Å². The average Bonchev–Trinajstić information content (AvgIpc) is 2.59. The quantitative estimate of drug-likeness (QED) is 0.769. The van der Waals surface area contributed by atoms with Gasteiger partial charge in [0.15, 0.2) is 0 Å². The molecule has 0 saturated carbocycles.